The molecule has 27 heavy (non-hydrogen) atoms. The molecule has 0 fully saturated rings. The fourth-order valence-electron chi connectivity index (χ4n) is 3.55. The van der Waals surface area contributed by atoms with Crippen molar-refractivity contribution in [1.82, 2.24) is 9.78 Å². The maximum atomic E-state index is 12.9. The number of carbonyl (C=O) groups is 1. The summed E-state index contributed by atoms with van der Waals surface area (Å²) in [4.78, 5) is 12.9. The second-order valence-corrected chi connectivity index (χ2v) is 6.93. The van der Waals surface area contributed by atoms with E-state index in [1.807, 2.05) is 30.3 Å². The largest absolute Gasteiger partial charge is 0.454 e. The van der Waals surface area contributed by atoms with Gasteiger partial charge in [-0.3, -0.25) is 4.79 Å². The number of hydrogen-bond donors (Lipinski definition) is 1. The molecule has 0 spiro atoms. The third kappa shape index (κ3) is 2.73. The number of rotatable bonds is 3. The zero-order chi connectivity index (χ0) is 18.4. The molecule has 1 aliphatic heterocycles. The zero-order valence-electron chi connectivity index (χ0n) is 14.4. The highest BCUT2D eigenvalue weighted by atomic mass is 35.5. The van der Waals surface area contributed by atoms with Crippen molar-refractivity contribution in [3.63, 3.8) is 0 Å². The molecule has 2 aliphatic rings. The van der Waals surface area contributed by atoms with Crippen LogP contribution < -0.4 is 14.8 Å². The molecule has 0 radical (unpaired) electrons. The zero-order valence-corrected chi connectivity index (χ0v) is 15.1. The maximum absolute atomic E-state index is 12.9. The van der Waals surface area contributed by atoms with Crippen LogP contribution in [0, 0.1) is 0 Å². The maximum Gasteiger partial charge on any atom is 0.257 e. The molecule has 1 aliphatic carbocycles. The first-order valence-corrected chi connectivity index (χ1v) is 9.15. The molecule has 2 heterocycles. The number of aryl methyl sites for hydroxylation is 1. The summed E-state index contributed by atoms with van der Waals surface area (Å²) in [5.74, 6) is 1.41. The summed E-state index contributed by atoms with van der Waals surface area (Å²) in [7, 11) is 0. The summed E-state index contributed by atoms with van der Waals surface area (Å²) >= 11 is 6.22. The van der Waals surface area contributed by atoms with Gasteiger partial charge in [-0.1, -0.05) is 29.8 Å². The van der Waals surface area contributed by atoms with Crippen LogP contribution in [-0.4, -0.2) is 22.5 Å². The van der Waals surface area contributed by atoms with Crippen molar-refractivity contribution in [3.8, 4) is 17.2 Å². The minimum absolute atomic E-state index is 0.106. The van der Waals surface area contributed by atoms with Gasteiger partial charge in [-0.05, 0) is 43.5 Å². The number of para-hydroxylation sites is 1. The smallest absolute Gasteiger partial charge is 0.257 e. The highest BCUT2D eigenvalue weighted by Gasteiger charge is 2.26. The monoisotopic (exact) mass is 381 g/mol. The first-order chi connectivity index (χ1) is 13.2. The van der Waals surface area contributed by atoms with Crippen molar-refractivity contribution >= 4 is 23.3 Å². The summed E-state index contributed by atoms with van der Waals surface area (Å²) in [5.41, 5.74) is 3.46. The predicted octanol–water partition coefficient (Wildman–Crippen LogP) is 4.00. The van der Waals surface area contributed by atoms with E-state index >= 15 is 0 Å². The second kappa shape index (κ2) is 6.32. The van der Waals surface area contributed by atoms with Gasteiger partial charge in [-0.2, -0.15) is 5.10 Å². The van der Waals surface area contributed by atoms with Crippen molar-refractivity contribution < 1.29 is 14.3 Å². The SMILES string of the molecule is O=C(Nc1c2c(nn1-c1ccccc1)CCC2)c1cc(Cl)c2c(c1)OCO2. The van der Waals surface area contributed by atoms with E-state index in [4.69, 9.17) is 26.2 Å². The number of halogens is 1. The Morgan fingerprint density at radius 2 is 2.00 bits per heavy atom. The Labute approximate surface area is 160 Å². The average molecular weight is 382 g/mol. The number of hydrogen-bond acceptors (Lipinski definition) is 4. The third-order valence-electron chi connectivity index (χ3n) is 4.83. The fourth-order valence-corrected chi connectivity index (χ4v) is 3.82. The molecule has 0 saturated carbocycles. The van der Waals surface area contributed by atoms with Crippen LogP contribution in [0.2, 0.25) is 5.02 Å². The van der Waals surface area contributed by atoms with Crippen molar-refractivity contribution in [2.75, 3.05) is 12.1 Å². The van der Waals surface area contributed by atoms with Gasteiger partial charge in [0.05, 0.1) is 16.4 Å². The van der Waals surface area contributed by atoms with Crippen LogP contribution in [0.15, 0.2) is 42.5 Å². The number of fused-ring (bicyclic) bond motifs is 2. The standard InChI is InChI=1S/C20H16ClN3O3/c21-15-9-12(10-17-18(15)27-11-26-17)20(25)22-19-14-7-4-8-16(14)23-24(19)13-5-2-1-3-6-13/h1-3,5-6,9-10H,4,7-8,11H2,(H,22,25). The van der Waals surface area contributed by atoms with Crippen LogP contribution in [0.3, 0.4) is 0 Å². The molecule has 3 aromatic rings. The molecule has 0 bridgehead atoms. The van der Waals surface area contributed by atoms with Gasteiger partial charge in [0.2, 0.25) is 6.79 Å². The Morgan fingerprint density at radius 3 is 2.85 bits per heavy atom. The van der Waals surface area contributed by atoms with Gasteiger partial charge in [0, 0.05) is 11.1 Å². The lowest BCUT2D eigenvalue weighted by Gasteiger charge is -2.12. The molecular weight excluding hydrogens is 366 g/mol. The van der Waals surface area contributed by atoms with Gasteiger partial charge in [0.1, 0.15) is 5.82 Å². The van der Waals surface area contributed by atoms with E-state index in [9.17, 15) is 4.79 Å². The van der Waals surface area contributed by atoms with Gasteiger partial charge in [-0.25, -0.2) is 4.68 Å². The molecule has 1 amide bonds. The second-order valence-electron chi connectivity index (χ2n) is 6.52. The molecule has 5 rings (SSSR count). The average Bonchev–Trinajstić information content (AvgIpc) is 3.39. The summed E-state index contributed by atoms with van der Waals surface area (Å²) in [6, 6.07) is 13.0. The number of nitrogens with one attached hydrogen (secondary N) is 1. The van der Waals surface area contributed by atoms with Gasteiger partial charge in [-0.15, -0.1) is 0 Å². The van der Waals surface area contributed by atoms with Crippen molar-refractivity contribution in [2.45, 2.75) is 19.3 Å². The highest BCUT2D eigenvalue weighted by Crippen LogP contribution is 2.40. The first-order valence-electron chi connectivity index (χ1n) is 8.77. The van der Waals surface area contributed by atoms with E-state index < -0.39 is 0 Å². The first kappa shape index (κ1) is 16.2. The Kier molecular flexibility index (Phi) is 3.79. The van der Waals surface area contributed by atoms with E-state index in [2.05, 4.69) is 5.32 Å². The molecule has 0 unspecified atom stereocenters. The molecule has 6 nitrogen and oxygen atoms in total. The number of benzene rings is 2. The van der Waals surface area contributed by atoms with E-state index in [0.29, 0.717) is 27.9 Å². The number of amides is 1. The lowest BCUT2D eigenvalue weighted by atomic mass is 10.1. The van der Waals surface area contributed by atoms with Crippen molar-refractivity contribution in [1.29, 1.82) is 0 Å². The normalized spacial score (nSPS) is 14.3. The van der Waals surface area contributed by atoms with Crippen LogP contribution in [-0.2, 0) is 12.8 Å². The Hall–Kier alpha value is -2.99. The van der Waals surface area contributed by atoms with Gasteiger partial charge < -0.3 is 14.8 Å². The molecule has 0 atom stereocenters. The minimum atomic E-state index is -0.262. The van der Waals surface area contributed by atoms with E-state index in [-0.39, 0.29) is 12.7 Å². The van der Waals surface area contributed by atoms with Crippen LogP contribution in [0.25, 0.3) is 5.69 Å². The Bertz CT molecular complexity index is 1050. The fraction of sp³-hybridized carbons (Fsp3) is 0.200. The quantitative estimate of drug-likeness (QED) is 0.744. The lowest BCUT2D eigenvalue weighted by Crippen LogP contribution is -2.16. The van der Waals surface area contributed by atoms with Crippen molar-refractivity contribution in [2.24, 2.45) is 0 Å². The molecule has 136 valence electrons. The molecule has 1 aromatic heterocycles. The molecular formula is C20H16ClN3O3. The molecule has 2 aromatic carbocycles. The summed E-state index contributed by atoms with van der Waals surface area (Å²) in [6.07, 6.45) is 2.87. The number of nitrogens with zero attached hydrogens (tertiary/aromatic N) is 2. The van der Waals surface area contributed by atoms with Crippen LogP contribution >= 0.6 is 11.6 Å². The Balaban J connectivity index is 1.53. The summed E-state index contributed by atoms with van der Waals surface area (Å²) in [5, 5.41) is 8.10. The van der Waals surface area contributed by atoms with Crippen LogP contribution in [0.1, 0.15) is 28.0 Å². The Morgan fingerprint density at radius 1 is 1.15 bits per heavy atom. The van der Waals surface area contributed by atoms with Crippen LogP contribution in [0.5, 0.6) is 11.5 Å². The third-order valence-corrected chi connectivity index (χ3v) is 5.11. The molecule has 0 saturated heterocycles. The van der Waals surface area contributed by atoms with Gasteiger partial charge >= 0.3 is 0 Å². The number of carbonyl (C=O) groups excluding carboxylic acids is 1. The molecule has 7 heteroatoms. The van der Waals surface area contributed by atoms with Crippen molar-refractivity contribution in [3.05, 3.63) is 64.3 Å². The van der Waals surface area contributed by atoms with E-state index in [1.54, 1.807) is 16.8 Å². The number of anilines is 1. The highest BCUT2D eigenvalue weighted by molar-refractivity contribution is 6.32. The van der Waals surface area contributed by atoms with E-state index in [1.165, 1.54) is 0 Å². The van der Waals surface area contributed by atoms with Crippen LogP contribution in [0.4, 0.5) is 5.82 Å². The summed E-state index contributed by atoms with van der Waals surface area (Å²) < 4.78 is 12.5. The van der Waals surface area contributed by atoms with Gasteiger partial charge in [0.25, 0.3) is 5.91 Å². The molecule has 1 N–H and O–H groups in total. The van der Waals surface area contributed by atoms with Gasteiger partial charge in [0.15, 0.2) is 11.5 Å². The lowest BCUT2D eigenvalue weighted by molar-refractivity contribution is 0.102. The predicted molar refractivity (Wildman–Crippen MR) is 101 cm³/mol. The minimum Gasteiger partial charge on any atom is -0.454 e. The summed E-state index contributed by atoms with van der Waals surface area (Å²) in [6.45, 7) is 0.106. The topological polar surface area (TPSA) is 65.4 Å². The number of aromatic nitrogens is 2. The number of ether oxygens (including phenoxy) is 2. The van der Waals surface area contributed by atoms with E-state index in [0.717, 1.165) is 36.2 Å².